The molecule has 3 aromatic rings. The molecule has 0 saturated heterocycles. The van der Waals surface area contributed by atoms with E-state index >= 15 is 0 Å². The van der Waals surface area contributed by atoms with E-state index in [2.05, 4.69) is 36.5 Å². The molecule has 230 valence electrons. The molecule has 0 bridgehead atoms. The molecular weight excluding hydrogens is 560 g/mol. The first kappa shape index (κ1) is 34.0. The number of carbonyl (C=O) groups excluding carboxylic acids is 2. The number of rotatable bonds is 14. The van der Waals surface area contributed by atoms with Gasteiger partial charge in [-0.25, -0.2) is 4.79 Å². The normalized spacial score (nSPS) is 14.2. The standard InChI is InChI=1S/C36H44N2O4.ClH/c1-3-28-17-19-29(20-18-28)12-6-9-25-41-27-33-16-11-15-32(37-33)22-21-30-13-10-14-31(26-30)34(39)38-36(35(40)42-4-2)23-7-5-8-24-36;/h10-11,13-22,26H,3-9,12,23-25,27H2,1-2H3,(H,38,39);1H/b22-21+;. The summed E-state index contributed by atoms with van der Waals surface area (Å²) in [6.07, 6.45) is 12.2. The summed E-state index contributed by atoms with van der Waals surface area (Å²) in [6, 6.07) is 22.2. The summed E-state index contributed by atoms with van der Waals surface area (Å²) in [5.74, 6) is -0.589. The van der Waals surface area contributed by atoms with Crippen molar-refractivity contribution in [2.24, 2.45) is 0 Å². The van der Waals surface area contributed by atoms with Crippen LogP contribution >= 0.6 is 12.4 Å². The van der Waals surface area contributed by atoms with E-state index < -0.39 is 5.54 Å². The third-order valence-corrected chi connectivity index (χ3v) is 7.84. The molecule has 1 aliphatic rings. The van der Waals surface area contributed by atoms with Crippen LogP contribution in [0.2, 0.25) is 0 Å². The van der Waals surface area contributed by atoms with E-state index in [1.807, 2.05) is 48.6 Å². The van der Waals surface area contributed by atoms with Crippen molar-refractivity contribution in [3.8, 4) is 0 Å². The molecule has 1 fully saturated rings. The molecule has 0 unspecified atom stereocenters. The van der Waals surface area contributed by atoms with Crippen molar-refractivity contribution < 1.29 is 19.1 Å². The zero-order chi connectivity index (χ0) is 29.6. The van der Waals surface area contributed by atoms with Crippen molar-refractivity contribution >= 4 is 36.4 Å². The molecule has 6 nitrogen and oxygen atoms in total. The quantitative estimate of drug-likeness (QED) is 0.150. The van der Waals surface area contributed by atoms with Crippen molar-refractivity contribution in [1.82, 2.24) is 10.3 Å². The van der Waals surface area contributed by atoms with Crippen LogP contribution in [0.15, 0.2) is 66.7 Å². The topological polar surface area (TPSA) is 77.5 Å². The fourth-order valence-electron chi connectivity index (χ4n) is 5.38. The van der Waals surface area contributed by atoms with Gasteiger partial charge in [0.15, 0.2) is 0 Å². The first-order valence-electron chi connectivity index (χ1n) is 15.4. The number of carbonyl (C=O) groups is 2. The lowest BCUT2D eigenvalue weighted by molar-refractivity contribution is -0.152. The van der Waals surface area contributed by atoms with E-state index in [9.17, 15) is 9.59 Å². The van der Waals surface area contributed by atoms with Crippen molar-refractivity contribution in [2.45, 2.75) is 83.8 Å². The molecule has 2 aromatic carbocycles. The van der Waals surface area contributed by atoms with E-state index in [4.69, 9.17) is 14.5 Å². The van der Waals surface area contributed by atoms with Crippen molar-refractivity contribution in [3.63, 3.8) is 0 Å². The van der Waals surface area contributed by atoms with Crippen LogP contribution in [0.1, 0.15) is 97.2 Å². The predicted molar refractivity (Wildman–Crippen MR) is 175 cm³/mol. The van der Waals surface area contributed by atoms with Crippen LogP contribution in [0, 0.1) is 0 Å². The van der Waals surface area contributed by atoms with E-state index in [-0.39, 0.29) is 24.3 Å². The molecule has 1 aliphatic carbocycles. The maximum atomic E-state index is 13.2. The molecule has 0 radical (unpaired) electrons. The lowest BCUT2D eigenvalue weighted by atomic mass is 9.81. The van der Waals surface area contributed by atoms with E-state index in [1.165, 1.54) is 11.1 Å². The summed E-state index contributed by atoms with van der Waals surface area (Å²) in [5, 5.41) is 3.02. The minimum Gasteiger partial charge on any atom is -0.464 e. The average molecular weight is 605 g/mol. The van der Waals surface area contributed by atoms with Gasteiger partial charge in [0.2, 0.25) is 0 Å². The minimum absolute atomic E-state index is 0. The number of hydrogen-bond acceptors (Lipinski definition) is 5. The maximum absolute atomic E-state index is 13.2. The number of nitrogens with zero attached hydrogens (tertiary/aromatic N) is 1. The highest BCUT2D eigenvalue weighted by atomic mass is 35.5. The summed E-state index contributed by atoms with van der Waals surface area (Å²) >= 11 is 0. The van der Waals surface area contributed by atoms with Crippen molar-refractivity contribution in [2.75, 3.05) is 13.2 Å². The summed E-state index contributed by atoms with van der Waals surface area (Å²) in [5.41, 5.74) is 4.92. The van der Waals surface area contributed by atoms with Gasteiger partial charge in [0, 0.05) is 12.2 Å². The number of hydrogen-bond donors (Lipinski definition) is 1. The number of halogens is 1. The summed E-state index contributed by atoms with van der Waals surface area (Å²) in [6.45, 7) is 5.45. The number of nitrogens with one attached hydrogen (secondary N) is 1. The molecule has 1 saturated carbocycles. The van der Waals surface area contributed by atoms with Gasteiger partial charge in [-0.15, -0.1) is 12.4 Å². The highest BCUT2D eigenvalue weighted by molar-refractivity contribution is 5.98. The van der Waals surface area contributed by atoms with Gasteiger partial charge in [0.25, 0.3) is 5.91 Å². The number of benzene rings is 2. The summed E-state index contributed by atoms with van der Waals surface area (Å²) in [7, 11) is 0. The molecule has 0 spiro atoms. The Bertz CT molecular complexity index is 1330. The first-order chi connectivity index (χ1) is 20.5. The van der Waals surface area contributed by atoms with Gasteiger partial charge in [-0.2, -0.15) is 0 Å². The van der Waals surface area contributed by atoms with Crippen LogP contribution < -0.4 is 5.32 Å². The predicted octanol–water partition coefficient (Wildman–Crippen LogP) is 7.77. The third-order valence-electron chi connectivity index (χ3n) is 7.84. The van der Waals surface area contributed by atoms with Crippen molar-refractivity contribution in [1.29, 1.82) is 0 Å². The molecule has 43 heavy (non-hydrogen) atoms. The van der Waals surface area contributed by atoms with Crippen LogP contribution in [0.3, 0.4) is 0 Å². The van der Waals surface area contributed by atoms with Gasteiger partial charge in [-0.3, -0.25) is 9.78 Å². The SMILES string of the molecule is CCOC(=O)C1(NC(=O)c2cccc(/C=C/c3cccc(COCCCCc4ccc(CC)cc4)n3)c2)CCCCC1.Cl. The van der Waals surface area contributed by atoms with E-state index in [0.717, 1.165) is 61.9 Å². The van der Waals surface area contributed by atoms with Crippen LogP contribution in [0.5, 0.6) is 0 Å². The van der Waals surface area contributed by atoms with Gasteiger partial charge in [0.05, 0.1) is 24.6 Å². The number of esters is 1. The first-order valence-corrected chi connectivity index (χ1v) is 15.4. The van der Waals surface area contributed by atoms with Crippen LogP contribution in [0.25, 0.3) is 12.2 Å². The van der Waals surface area contributed by atoms with Gasteiger partial charge in [-0.1, -0.05) is 74.7 Å². The molecule has 1 heterocycles. The van der Waals surface area contributed by atoms with E-state index in [0.29, 0.717) is 38.2 Å². The average Bonchev–Trinajstić information content (AvgIpc) is 3.03. The Kier molecular flexibility index (Phi) is 13.9. The second-order valence-corrected chi connectivity index (χ2v) is 11.0. The fraction of sp³-hybridized carbons (Fsp3) is 0.417. The molecule has 1 N–H and O–H groups in total. The Morgan fingerprint density at radius 3 is 2.40 bits per heavy atom. The Balaban J connectivity index is 0.00000506. The summed E-state index contributed by atoms with van der Waals surface area (Å²) < 4.78 is 11.2. The van der Waals surface area contributed by atoms with Gasteiger partial charge in [0.1, 0.15) is 5.54 Å². The second-order valence-electron chi connectivity index (χ2n) is 11.0. The van der Waals surface area contributed by atoms with Gasteiger partial charge in [-0.05, 0) is 92.5 Å². The Labute approximate surface area is 262 Å². The highest BCUT2D eigenvalue weighted by Crippen LogP contribution is 2.30. The molecule has 4 rings (SSSR count). The number of aryl methyl sites for hydroxylation is 2. The second kappa shape index (κ2) is 17.6. The molecule has 0 aliphatic heterocycles. The largest absolute Gasteiger partial charge is 0.464 e. The lowest BCUT2D eigenvalue weighted by Crippen LogP contribution is -2.56. The van der Waals surface area contributed by atoms with Crippen LogP contribution in [0.4, 0.5) is 0 Å². The van der Waals surface area contributed by atoms with Gasteiger partial charge < -0.3 is 14.8 Å². The number of amides is 1. The van der Waals surface area contributed by atoms with Crippen LogP contribution in [-0.4, -0.2) is 35.6 Å². The Hall–Kier alpha value is -3.48. The molecular formula is C36H45ClN2O4. The molecule has 7 heteroatoms. The fourth-order valence-corrected chi connectivity index (χ4v) is 5.38. The maximum Gasteiger partial charge on any atom is 0.331 e. The Morgan fingerprint density at radius 2 is 1.65 bits per heavy atom. The lowest BCUT2D eigenvalue weighted by Gasteiger charge is -2.35. The third kappa shape index (κ3) is 10.3. The highest BCUT2D eigenvalue weighted by Gasteiger charge is 2.42. The number of unbranched alkanes of at least 4 members (excludes halogenated alkanes) is 1. The number of ether oxygens (including phenoxy) is 2. The smallest absolute Gasteiger partial charge is 0.331 e. The number of aromatic nitrogens is 1. The monoisotopic (exact) mass is 604 g/mol. The summed E-state index contributed by atoms with van der Waals surface area (Å²) in [4.78, 5) is 30.7. The number of pyridine rings is 1. The van der Waals surface area contributed by atoms with Crippen LogP contribution in [-0.2, 0) is 33.7 Å². The Morgan fingerprint density at radius 1 is 0.907 bits per heavy atom. The van der Waals surface area contributed by atoms with Crippen molar-refractivity contribution in [3.05, 3.63) is 100 Å². The minimum atomic E-state index is -0.940. The molecule has 1 aromatic heterocycles. The zero-order valence-corrected chi connectivity index (χ0v) is 26.3. The molecule has 0 atom stereocenters. The zero-order valence-electron chi connectivity index (χ0n) is 25.5. The van der Waals surface area contributed by atoms with E-state index in [1.54, 1.807) is 13.0 Å². The molecule has 1 amide bonds. The van der Waals surface area contributed by atoms with Gasteiger partial charge >= 0.3 is 5.97 Å².